The van der Waals surface area contributed by atoms with Crippen LogP contribution in [0.4, 0.5) is 19.0 Å². The Kier molecular flexibility index (Phi) is 4.25. The fourth-order valence-electron chi connectivity index (χ4n) is 3.35. The molecule has 0 unspecified atom stereocenters. The number of nitrogen functional groups attached to an aromatic ring is 1. The molecule has 0 aromatic carbocycles. The molecular weight excluding hydrogens is 383 g/mol. The van der Waals surface area contributed by atoms with Gasteiger partial charge in [0.25, 0.3) is 0 Å². The minimum absolute atomic E-state index is 0.105. The summed E-state index contributed by atoms with van der Waals surface area (Å²) in [5.74, 6) is -0.00296. The number of carbonyl (C=O) groups excluding carboxylic acids is 1. The van der Waals surface area contributed by atoms with Gasteiger partial charge in [0.15, 0.2) is 5.78 Å². The molecule has 4 aromatic heterocycles. The molecule has 0 saturated carbocycles. The van der Waals surface area contributed by atoms with Crippen LogP contribution in [0.5, 0.6) is 0 Å². The van der Waals surface area contributed by atoms with Gasteiger partial charge in [0, 0.05) is 41.4 Å². The van der Waals surface area contributed by atoms with Gasteiger partial charge in [-0.15, -0.1) is 0 Å². The van der Waals surface area contributed by atoms with Crippen molar-refractivity contribution in [2.75, 3.05) is 5.73 Å². The Balaban J connectivity index is 2.07. The fraction of sp³-hybridized carbons (Fsp3) is 0.200. The summed E-state index contributed by atoms with van der Waals surface area (Å²) < 4.78 is 41.9. The number of hydrogen-bond acceptors (Lipinski definition) is 5. The first kappa shape index (κ1) is 18.9. The summed E-state index contributed by atoms with van der Waals surface area (Å²) in [6.45, 7) is 3.51. The second-order valence-corrected chi connectivity index (χ2v) is 6.69. The zero-order valence-corrected chi connectivity index (χ0v) is 15.6. The molecule has 0 aliphatic heterocycles. The summed E-state index contributed by atoms with van der Waals surface area (Å²) in [7, 11) is 0. The highest BCUT2D eigenvalue weighted by Gasteiger charge is 2.35. The summed E-state index contributed by atoms with van der Waals surface area (Å²) in [4.78, 5) is 24.2. The van der Waals surface area contributed by atoms with Crippen LogP contribution in [0, 0.1) is 6.92 Å². The maximum absolute atomic E-state index is 13.6. The van der Waals surface area contributed by atoms with Gasteiger partial charge in [0.05, 0.1) is 11.7 Å². The molecule has 29 heavy (non-hydrogen) atoms. The van der Waals surface area contributed by atoms with Crippen molar-refractivity contribution >= 4 is 28.2 Å². The van der Waals surface area contributed by atoms with Crippen molar-refractivity contribution < 1.29 is 18.0 Å². The standard InChI is InChI=1S/C20H16F3N5O/c1-3-16(29)14-4-10(2)13(8-25-14)12-5-11-7-26-18(24)6-15(11)28-17(20(21,22)23)9-27-19(12)28/h4-9H,3H2,1-2H3,(H2,24,26). The van der Waals surface area contributed by atoms with Crippen molar-refractivity contribution in [3.05, 3.63) is 53.7 Å². The molecule has 0 bridgehead atoms. The number of hydrogen-bond donors (Lipinski definition) is 1. The molecule has 4 rings (SSSR count). The first-order chi connectivity index (χ1) is 13.7. The predicted molar refractivity (Wildman–Crippen MR) is 102 cm³/mol. The number of ketones is 1. The first-order valence-electron chi connectivity index (χ1n) is 8.83. The van der Waals surface area contributed by atoms with Gasteiger partial charge in [-0.2, -0.15) is 13.2 Å². The van der Waals surface area contributed by atoms with Crippen molar-refractivity contribution in [2.45, 2.75) is 26.4 Å². The van der Waals surface area contributed by atoms with E-state index in [1.807, 2.05) is 0 Å². The molecule has 0 aliphatic carbocycles. The molecule has 0 spiro atoms. The third-order valence-electron chi connectivity index (χ3n) is 4.77. The number of aromatic nitrogens is 4. The highest BCUT2D eigenvalue weighted by Crippen LogP contribution is 2.36. The molecule has 0 radical (unpaired) electrons. The topological polar surface area (TPSA) is 86.2 Å². The SMILES string of the molecule is CCC(=O)c1cc(C)c(-c2cc3cnc(N)cc3n3c(C(F)(F)F)cnc23)cn1. The summed E-state index contributed by atoms with van der Waals surface area (Å²) in [6, 6.07) is 4.73. The van der Waals surface area contributed by atoms with Gasteiger partial charge in [-0.25, -0.2) is 9.97 Å². The van der Waals surface area contributed by atoms with E-state index in [0.717, 1.165) is 10.6 Å². The van der Waals surface area contributed by atoms with Gasteiger partial charge >= 0.3 is 6.18 Å². The number of halogens is 3. The average Bonchev–Trinajstić information content (AvgIpc) is 3.13. The van der Waals surface area contributed by atoms with E-state index in [-0.39, 0.29) is 22.8 Å². The van der Waals surface area contributed by atoms with Crippen LogP contribution in [0.3, 0.4) is 0 Å². The van der Waals surface area contributed by atoms with E-state index < -0.39 is 11.9 Å². The lowest BCUT2D eigenvalue weighted by molar-refractivity contribution is -0.141. The van der Waals surface area contributed by atoms with Gasteiger partial charge in [0.1, 0.15) is 22.9 Å². The Bertz CT molecular complexity index is 1280. The Labute approximate surface area is 163 Å². The van der Waals surface area contributed by atoms with Crippen molar-refractivity contribution in [2.24, 2.45) is 0 Å². The van der Waals surface area contributed by atoms with Crippen molar-refractivity contribution in [3.8, 4) is 11.1 Å². The molecule has 2 N–H and O–H groups in total. The van der Waals surface area contributed by atoms with Crippen LogP contribution in [-0.2, 0) is 6.18 Å². The Morgan fingerprint density at radius 1 is 1.07 bits per heavy atom. The number of rotatable bonds is 3. The zero-order chi connectivity index (χ0) is 20.9. The average molecular weight is 399 g/mol. The number of nitrogens with zero attached hydrogens (tertiary/aromatic N) is 4. The second-order valence-electron chi connectivity index (χ2n) is 6.69. The number of fused-ring (bicyclic) bond motifs is 3. The third-order valence-corrected chi connectivity index (χ3v) is 4.77. The van der Waals surface area contributed by atoms with Gasteiger partial charge in [0.2, 0.25) is 0 Å². The molecule has 0 aliphatic rings. The molecule has 4 heterocycles. The minimum atomic E-state index is -4.60. The highest BCUT2D eigenvalue weighted by atomic mass is 19.4. The van der Waals surface area contributed by atoms with Gasteiger partial charge in [-0.05, 0) is 24.6 Å². The lowest BCUT2D eigenvalue weighted by Gasteiger charge is -2.14. The zero-order valence-electron chi connectivity index (χ0n) is 15.6. The number of anilines is 1. The molecule has 0 fully saturated rings. The van der Waals surface area contributed by atoms with E-state index >= 15 is 0 Å². The van der Waals surface area contributed by atoms with E-state index in [4.69, 9.17) is 5.73 Å². The molecular formula is C20H16F3N5O. The number of Topliss-reactive ketones (excluding diaryl/α,β-unsaturated/α-hetero) is 1. The van der Waals surface area contributed by atoms with E-state index in [1.54, 1.807) is 26.0 Å². The van der Waals surface area contributed by atoms with Crippen LogP contribution in [0.25, 0.3) is 27.7 Å². The van der Waals surface area contributed by atoms with Crippen LogP contribution in [0.15, 0.2) is 36.8 Å². The number of nitrogens with two attached hydrogens (primary N) is 1. The Morgan fingerprint density at radius 3 is 2.48 bits per heavy atom. The molecule has 0 atom stereocenters. The van der Waals surface area contributed by atoms with E-state index in [9.17, 15) is 18.0 Å². The minimum Gasteiger partial charge on any atom is -0.384 e. The Hall–Kier alpha value is -3.49. The normalized spacial score (nSPS) is 12.0. The van der Waals surface area contributed by atoms with Crippen LogP contribution in [0.2, 0.25) is 0 Å². The third kappa shape index (κ3) is 3.08. The van der Waals surface area contributed by atoms with Crippen LogP contribution >= 0.6 is 0 Å². The molecule has 4 aromatic rings. The molecule has 9 heteroatoms. The van der Waals surface area contributed by atoms with Crippen molar-refractivity contribution in [1.29, 1.82) is 0 Å². The van der Waals surface area contributed by atoms with E-state index in [2.05, 4.69) is 15.0 Å². The maximum atomic E-state index is 13.6. The van der Waals surface area contributed by atoms with Crippen LogP contribution in [-0.4, -0.2) is 25.1 Å². The van der Waals surface area contributed by atoms with E-state index in [1.165, 1.54) is 18.5 Å². The smallest absolute Gasteiger partial charge is 0.384 e. The van der Waals surface area contributed by atoms with Crippen LogP contribution < -0.4 is 5.73 Å². The number of imidazole rings is 1. The van der Waals surface area contributed by atoms with Crippen LogP contribution in [0.1, 0.15) is 35.1 Å². The lowest BCUT2D eigenvalue weighted by atomic mass is 10.0. The summed E-state index contributed by atoms with van der Waals surface area (Å²) in [6.07, 6.45) is -0.577. The monoisotopic (exact) mass is 399 g/mol. The maximum Gasteiger partial charge on any atom is 0.433 e. The quantitative estimate of drug-likeness (QED) is 0.515. The number of aryl methyl sites for hydroxylation is 1. The molecule has 148 valence electrons. The second kappa shape index (κ2) is 6.54. The predicted octanol–water partition coefficient (Wildman–Crippen LogP) is 4.45. The van der Waals surface area contributed by atoms with Gasteiger partial charge in [-0.3, -0.25) is 14.2 Å². The summed E-state index contributed by atoms with van der Waals surface area (Å²) >= 11 is 0. The largest absolute Gasteiger partial charge is 0.433 e. The number of pyridine rings is 3. The lowest BCUT2D eigenvalue weighted by Crippen LogP contribution is -2.10. The molecule has 0 amide bonds. The van der Waals surface area contributed by atoms with E-state index in [0.29, 0.717) is 34.2 Å². The van der Waals surface area contributed by atoms with Gasteiger partial charge in [-0.1, -0.05) is 6.92 Å². The van der Waals surface area contributed by atoms with Crippen molar-refractivity contribution in [3.63, 3.8) is 0 Å². The molecule has 0 saturated heterocycles. The highest BCUT2D eigenvalue weighted by molar-refractivity contribution is 5.96. The number of alkyl halides is 3. The fourth-order valence-corrected chi connectivity index (χ4v) is 3.35. The summed E-state index contributed by atoms with van der Waals surface area (Å²) in [5.41, 5.74) is 7.24. The Morgan fingerprint density at radius 2 is 1.83 bits per heavy atom. The van der Waals surface area contributed by atoms with Gasteiger partial charge < -0.3 is 5.73 Å². The van der Waals surface area contributed by atoms with Crippen molar-refractivity contribution in [1.82, 2.24) is 19.4 Å². The summed E-state index contributed by atoms with van der Waals surface area (Å²) in [5, 5.41) is 0.471. The number of carbonyl (C=O) groups is 1. The first-order valence-corrected chi connectivity index (χ1v) is 8.83. The molecule has 6 nitrogen and oxygen atoms in total.